The molecule has 2 N–H and O–H groups in total. The molecule has 0 spiro atoms. The Bertz CT molecular complexity index is 1000. The summed E-state index contributed by atoms with van der Waals surface area (Å²) in [5, 5.41) is 19.5. The highest BCUT2D eigenvalue weighted by Gasteiger charge is 2.28. The van der Waals surface area contributed by atoms with Crippen molar-refractivity contribution in [1.29, 1.82) is 0 Å². The molecule has 5 nitrogen and oxygen atoms in total. The Labute approximate surface area is 193 Å². The van der Waals surface area contributed by atoms with Gasteiger partial charge in [-0.25, -0.2) is 4.79 Å². The number of thiophene rings is 1. The van der Waals surface area contributed by atoms with Crippen molar-refractivity contribution in [3.05, 3.63) is 69.9 Å². The van der Waals surface area contributed by atoms with Crippen LogP contribution in [0.3, 0.4) is 0 Å². The quantitative estimate of drug-likeness (QED) is 0.439. The molecule has 1 amide bonds. The minimum atomic E-state index is -0.962. The van der Waals surface area contributed by atoms with Crippen molar-refractivity contribution in [1.82, 2.24) is 4.90 Å². The van der Waals surface area contributed by atoms with Crippen LogP contribution in [0.15, 0.2) is 54.6 Å². The minimum absolute atomic E-state index is 0.0525. The fraction of sp³-hybridized carbons (Fsp3) is 0.385. The van der Waals surface area contributed by atoms with Gasteiger partial charge in [0.05, 0.1) is 23.6 Å². The van der Waals surface area contributed by atoms with Crippen LogP contribution >= 0.6 is 11.3 Å². The Morgan fingerprint density at radius 2 is 2.06 bits per heavy atom. The monoisotopic (exact) mass is 451 g/mol. The van der Waals surface area contributed by atoms with Gasteiger partial charge in [0.15, 0.2) is 0 Å². The summed E-state index contributed by atoms with van der Waals surface area (Å²) in [6.07, 6.45) is 7.34. The summed E-state index contributed by atoms with van der Waals surface area (Å²) in [7, 11) is 0. The van der Waals surface area contributed by atoms with Gasteiger partial charge in [-0.1, -0.05) is 61.2 Å². The number of aliphatic hydroxyl groups excluding tert-OH is 1. The third-order valence-electron chi connectivity index (χ3n) is 5.73. The lowest BCUT2D eigenvalue weighted by Crippen LogP contribution is -2.32. The lowest BCUT2D eigenvalue weighted by Gasteiger charge is -2.21. The Morgan fingerprint density at radius 3 is 2.78 bits per heavy atom. The van der Waals surface area contributed by atoms with Crippen LogP contribution in [0.1, 0.15) is 52.7 Å². The van der Waals surface area contributed by atoms with Crippen molar-refractivity contribution in [3.8, 4) is 11.8 Å². The van der Waals surface area contributed by atoms with Crippen LogP contribution in [-0.4, -0.2) is 45.7 Å². The molecule has 0 bridgehead atoms. The van der Waals surface area contributed by atoms with Crippen LogP contribution in [0.5, 0.6) is 0 Å². The van der Waals surface area contributed by atoms with Gasteiger partial charge in [-0.3, -0.25) is 4.79 Å². The van der Waals surface area contributed by atoms with Gasteiger partial charge < -0.3 is 15.1 Å². The number of aliphatic hydroxyl groups is 1. The molecule has 3 atom stereocenters. The van der Waals surface area contributed by atoms with Crippen LogP contribution in [0.25, 0.3) is 0 Å². The number of aromatic carboxylic acids is 1. The standard InChI is InChI=1S/C26H29NO4S/c1-19(7-5-10-20-8-3-2-4-9-20)23(28)15-12-21-13-17-25(29)27(21)18-6-11-22-14-16-24(32-22)26(30)31/h2-4,8-9,12,14-16,19,21,23,28H,5,7,10,13,17-18H2,1H3,(H,30,31)/t19?,21-,23-/m0/s1. The van der Waals surface area contributed by atoms with E-state index < -0.39 is 12.1 Å². The number of carboxylic acid groups (broad SMARTS) is 1. The van der Waals surface area contributed by atoms with E-state index in [1.807, 2.05) is 30.4 Å². The largest absolute Gasteiger partial charge is 0.477 e. The lowest BCUT2D eigenvalue weighted by molar-refractivity contribution is -0.127. The zero-order valence-electron chi connectivity index (χ0n) is 18.2. The van der Waals surface area contributed by atoms with E-state index in [1.165, 1.54) is 11.6 Å². The lowest BCUT2D eigenvalue weighted by atomic mass is 9.95. The van der Waals surface area contributed by atoms with Crippen molar-refractivity contribution in [2.24, 2.45) is 5.92 Å². The molecule has 32 heavy (non-hydrogen) atoms. The van der Waals surface area contributed by atoms with Gasteiger partial charge in [0.1, 0.15) is 4.88 Å². The number of hydrogen-bond acceptors (Lipinski definition) is 4. The number of nitrogens with zero attached hydrogens (tertiary/aromatic N) is 1. The zero-order valence-corrected chi connectivity index (χ0v) is 19.1. The summed E-state index contributed by atoms with van der Waals surface area (Å²) >= 11 is 1.12. The van der Waals surface area contributed by atoms with E-state index in [0.717, 1.165) is 30.6 Å². The van der Waals surface area contributed by atoms with Crippen molar-refractivity contribution in [2.45, 2.75) is 51.2 Å². The smallest absolute Gasteiger partial charge is 0.345 e. The van der Waals surface area contributed by atoms with Crippen LogP contribution in [-0.2, 0) is 11.2 Å². The molecule has 168 valence electrons. The second-order valence-corrected chi connectivity index (χ2v) is 9.21. The van der Waals surface area contributed by atoms with Crippen LogP contribution in [0.2, 0.25) is 0 Å². The predicted molar refractivity (Wildman–Crippen MR) is 127 cm³/mol. The number of likely N-dealkylation sites (tertiary alicyclic amines) is 1. The molecule has 1 fully saturated rings. The Hall–Kier alpha value is -2.88. The van der Waals surface area contributed by atoms with Crippen LogP contribution < -0.4 is 0 Å². The molecule has 1 aromatic carbocycles. The second-order valence-electron chi connectivity index (χ2n) is 8.13. The minimum Gasteiger partial charge on any atom is -0.477 e. The molecule has 0 saturated carbocycles. The van der Waals surface area contributed by atoms with Crippen molar-refractivity contribution >= 4 is 23.2 Å². The van der Waals surface area contributed by atoms with Gasteiger partial charge in [0.2, 0.25) is 5.91 Å². The van der Waals surface area contributed by atoms with Crippen LogP contribution in [0.4, 0.5) is 0 Å². The molecular formula is C26H29NO4S. The maximum absolute atomic E-state index is 12.3. The van der Waals surface area contributed by atoms with Crippen LogP contribution in [0, 0.1) is 17.8 Å². The van der Waals surface area contributed by atoms with E-state index in [9.17, 15) is 14.7 Å². The number of amides is 1. The number of hydrogen-bond donors (Lipinski definition) is 2. The highest BCUT2D eigenvalue weighted by molar-refractivity contribution is 7.14. The number of aryl methyl sites for hydroxylation is 1. The van der Waals surface area contributed by atoms with Crippen molar-refractivity contribution in [2.75, 3.05) is 6.54 Å². The van der Waals surface area contributed by atoms with Gasteiger partial charge in [-0.15, -0.1) is 11.3 Å². The van der Waals surface area contributed by atoms with Gasteiger partial charge in [0.25, 0.3) is 0 Å². The van der Waals surface area contributed by atoms with Gasteiger partial charge in [0, 0.05) is 6.42 Å². The average molecular weight is 452 g/mol. The molecule has 0 aliphatic carbocycles. The maximum atomic E-state index is 12.3. The first-order valence-electron chi connectivity index (χ1n) is 11.0. The molecule has 1 aromatic heterocycles. The molecule has 1 unspecified atom stereocenters. The number of rotatable bonds is 9. The Morgan fingerprint density at radius 1 is 1.28 bits per heavy atom. The highest BCUT2D eigenvalue weighted by Crippen LogP contribution is 2.21. The van der Waals surface area contributed by atoms with E-state index in [1.54, 1.807) is 11.0 Å². The van der Waals surface area contributed by atoms with Gasteiger partial charge in [-0.05, 0) is 49.3 Å². The third-order valence-corrected chi connectivity index (χ3v) is 6.72. The first-order chi connectivity index (χ1) is 15.4. The topological polar surface area (TPSA) is 77.8 Å². The fourth-order valence-corrected chi connectivity index (χ4v) is 4.49. The normalized spacial score (nSPS) is 17.9. The summed E-state index contributed by atoms with van der Waals surface area (Å²) in [4.78, 5) is 25.9. The first kappa shape index (κ1) is 23.8. The molecule has 0 radical (unpaired) electrons. The zero-order chi connectivity index (χ0) is 22.9. The summed E-state index contributed by atoms with van der Waals surface area (Å²) in [5.74, 6) is 5.16. The molecule has 2 heterocycles. The molecule has 3 rings (SSSR count). The summed E-state index contributed by atoms with van der Waals surface area (Å²) in [6.45, 7) is 2.34. The second kappa shape index (κ2) is 11.7. The molecule has 6 heteroatoms. The SMILES string of the molecule is CC(CCCc1ccccc1)[C@@H](O)C=C[C@H]1CCC(=O)N1CC#Cc1ccc(C(=O)O)s1. The fourth-order valence-electron chi connectivity index (χ4n) is 3.77. The van der Waals surface area contributed by atoms with Gasteiger partial charge >= 0.3 is 5.97 Å². The van der Waals surface area contributed by atoms with E-state index in [4.69, 9.17) is 5.11 Å². The molecule has 1 aliphatic rings. The molecule has 1 aliphatic heterocycles. The van der Waals surface area contributed by atoms with E-state index in [0.29, 0.717) is 17.7 Å². The summed E-state index contributed by atoms with van der Waals surface area (Å²) in [5.41, 5.74) is 1.31. The van der Waals surface area contributed by atoms with E-state index >= 15 is 0 Å². The number of carbonyl (C=O) groups excluding carboxylic acids is 1. The third kappa shape index (κ3) is 6.81. The predicted octanol–water partition coefficient (Wildman–Crippen LogP) is 4.36. The van der Waals surface area contributed by atoms with Crippen molar-refractivity contribution < 1.29 is 19.8 Å². The maximum Gasteiger partial charge on any atom is 0.345 e. The van der Waals surface area contributed by atoms with Gasteiger partial charge in [-0.2, -0.15) is 0 Å². The summed E-state index contributed by atoms with van der Waals surface area (Å²) < 4.78 is 0. The molecular weight excluding hydrogens is 422 g/mol. The number of carbonyl (C=O) groups is 2. The molecule has 2 aromatic rings. The Balaban J connectivity index is 1.49. The molecule has 1 saturated heterocycles. The highest BCUT2D eigenvalue weighted by atomic mass is 32.1. The average Bonchev–Trinajstić information content (AvgIpc) is 3.40. The van der Waals surface area contributed by atoms with E-state index in [-0.39, 0.29) is 29.3 Å². The number of benzene rings is 1. The first-order valence-corrected chi connectivity index (χ1v) is 11.8. The number of carboxylic acids is 1. The van der Waals surface area contributed by atoms with Crippen molar-refractivity contribution in [3.63, 3.8) is 0 Å². The summed E-state index contributed by atoms with van der Waals surface area (Å²) in [6, 6.07) is 13.5. The van der Waals surface area contributed by atoms with E-state index in [2.05, 4.69) is 30.9 Å². The Kier molecular flexibility index (Phi) is 8.66.